The summed E-state index contributed by atoms with van der Waals surface area (Å²) < 4.78 is 5.36. The van der Waals surface area contributed by atoms with Gasteiger partial charge >= 0.3 is 6.09 Å². The number of rotatable bonds is 5. The number of nitrogens with one attached hydrogen (secondary N) is 2. The molecule has 1 aliphatic carbocycles. The molecule has 1 aromatic rings. The third kappa shape index (κ3) is 8.20. The Hall–Kier alpha value is -2.61. The lowest BCUT2D eigenvalue weighted by atomic mass is 9.81. The predicted molar refractivity (Wildman–Crippen MR) is 119 cm³/mol. The van der Waals surface area contributed by atoms with E-state index in [9.17, 15) is 14.4 Å². The Morgan fingerprint density at radius 3 is 2.45 bits per heavy atom. The van der Waals surface area contributed by atoms with Crippen molar-refractivity contribution in [2.24, 2.45) is 5.92 Å². The van der Waals surface area contributed by atoms with Gasteiger partial charge in [0.2, 0.25) is 11.8 Å². The normalized spacial score (nSPS) is 21.4. The van der Waals surface area contributed by atoms with Gasteiger partial charge in [0.05, 0.1) is 16.8 Å². The zero-order valence-electron chi connectivity index (χ0n) is 18.6. The van der Waals surface area contributed by atoms with E-state index in [4.69, 9.17) is 16.3 Å². The van der Waals surface area contributed by atoms with Gasteiger partial charge < -0.3 is 20.3 Å². The molecule has 9 heteroatoms. The molecule has 1 aliphatic rings. The minimum atomic E-state index is -0.648. The van der Waals surface area contributed by atoms with Gasteiger partial charge in [-0.2, -0.15) is 0 Å². The van der Waals surface area contributed by atoms with E-state index in [1.807, 2.05) is 0 Å². The van der Waals surface area contributed by atoms with Gasteiger partial charge in [-0.05, 0) is 58.2 Å². The van der Waals surface area contributed by atoms with Crippen molar-refractivity contribution in [1.29, 1.82) is 0 Å². The number of aromatic nitrogens is 1. The molecule has 2 N–H and O–H groups in total. The molecule has 0 spiro atoms. The summed E-state index contributed by atoms with van der Waals surface area (Å²) in [4.78, 5) is 42.9. The molecule has 0 bridgehead atoms. The van der Waals surface area contributed by atoms with Crippen LogP contribution in [0, 0.1) is 5.92 Å². The Morgan fingerprint density at radius 1 is 1.16 bits per heavy atom. The summed E-state index contributed by atoms with van der Waals surface area (Å²) in [5, 5.41) is 6.29. The number of halogens is 1. The molecule has 8 nitrogen and oxygen atoms in total. The molecule has 1 saturated carbocycles. The van der Waals surface area contributed by atoms with Crippen LogP contribution in [0.1, 0.15) is 45.7 Å². The highest BCUT2D eigenvalue weighted by molar-refractivity contribution is 6.30. The lowest BCUT2D eigenvalue weighted by molar-refractivity contribution is -0.134. The quantitative estimate of drug-likeness (QED) is 0.671. The van der Waals surface area contributed by atoms with Crippen LogP contribution in [0.25, 0.3) is 6.08 Å². The first-order chi connectivity index (χ1) is 14.4. The SMILES string of the molecule is CN(C)C(=O)[C@H]1CC[C@H](NC(=O)C=Cc2ccc(Cl)cn2)[C@H](NC(=O)OC(C)(C)C)C1. The monoisotopic (exact) mass is 450 g/mol. The fourth-order valence-electron chi connectivity index (χ4n) is 3.43. The number of amides is 3. The molecule has 170 valence electrons. The molecular formula is C22H31ClN4O4. The van der Waals surface area contributed by atoms with Crippen molar-refractivity contribution in [3.05, 3.63) is 35.1 Å². The lowest BCUT2D eigenvalue weighted by Gasteiger charge is -2.37. The highest BCUT2D eigenvalue weighted by Gasteiger charge is 2.36. The summed E-state index contributed by atoms with van der Waals surface area (Å²) >= 11 is 5.82. The van der Waals surface area contributed by atoms with Gasteiger partial charge in [-0.25, -0.2) is 4.79 Å². The Morgan fingerprint density at radius 2 is 1.87 bits per heavy atom. The molecule has 1 fully saturated rings. The number of carbonyl (C=O) groups is 3. The van der Waals surface area contributed by atoms with Crippen LogP contribution < -0.4 is 10.6 Å². The van der Waals surface area contributed by atoms with E-state index in [-0.39, 0.29) is 23.8 Å². The first-order valence-electron chi connectivity index (χ1n) is 10.3. The number of pyridine rings is 1. The predicted octanol–water partition coefficient (Wildman–Crippen LogP) is 3.01. The van der Waals surface area contributed by atoms with Crippen molar-refractivity contribution in [2.45, 2.75) is 57.7 Å². The molecule has 3 amide bonds. The molecule has 0 unspecified atom stereocenters. The lowest BCUT2D eigenvalue weighted by Crippen LogP contribution is -2.56. The first kappa shape index (κ1) is 24.7. The van der Waals surface area contributed by atoms with Gasteiger partial charge in [0.25, 0.3) is 0 Å². The Kier molecular flexibility index (Phi) is 8.44. The fraction of sp³-hybridized carbons (Fsp3) is 0.545. The molecule has 3 atom stereocenters. The molecule has 1 aromatic heterocycles. The van der Waals surface area contributed by atoms with E-state index in [2.05, 4.69) is 15.6 Å². The second kappa shape index (κ2) is 10.6. The van der Waals surface area contributed by atoms with Crippen LogP contribution in [-0.2, 0) is 14.3 Å². The third-order valence-corrected chi connectivity index (χ3v) is 5.05. The fourth-order valence-corrected chi connectivity index (χ4v) is 3.54. The second-order valence-electron chi connectivity index (χ2n) is 8.85. The average Bonchev–Trinajstić information content (AvgIpc) is 2.66. The van der Waals surface area contributed by atoms with Gasteiger partial charge in [0.15, 0.2) is 0 Å². The van der Waals surface area contributed by atoms with Crippen LogP contribution >= 0.6 is 11.6 Å². The van der Waals surface area contributed by atoms with E-state index in [0.717, 1.165) is 0 Å². The zero-order chi connectivity index (χ0) is 23.2. The standard InChI is InChI=1S/C22H31ClN4O4/c1-22(2,3)31-21(30)26-18-12-14(20(29)27(4)5)6-10-17(18)25-19(28)11-9-16-8-7-15(23)13-24-16/h7-9,11,13-14,17-18H,6,10,12H2,1-5H3,(H,25,28)(H,26,30)/t14-,17-,18+/m0/s1. The number of carbonyl (C=O) groups excluding carboxylic acids is 3. The van der Waals surface area contributed by atoms with Crippen molar-refractivity contribution in [2.75, 3.05) is 14.1 Å². The number of alkyl carbamates (subject to hydrolysis) is 1. The average molecular weight is 451 g/mol. The highest BCUT2D eigenvalue weighted by Crippen LogP contribution is 2.26. The molecule has 0 aliphatic heterocycles. The van der Waals surface area contributed by atoms with E-state index in [1.165, 1.54) is 12.3 Å². The third-order valence-electron chi connectivity index (χ3n) is 4.83. The first-order valence-corrected chi connectivity index (χ1v) is 10.6. The number of hydrogen-bond acceptors (Lipinski definition) is 5. The molecule has 1 heterocycles. The summed E-state index contributed by atoms with van der Waals surface area (Å²) in [6, 6.07) is 2.64. The van der Waals surface area contributed by atoms with Crippen LogP contribution in [0.15, 0.2) is 24.4 Å². The molecule has 0 aromatic carbocycles. The maximum Gasteiger partial charge on any atom is 0.407 e. The minimum Gasteiger partial charge on any atom is -0.444 e. The number of ether oxygens (including phenoxy) is 1. The van der Waals surface area contributed by atoms with E-state index in [1.54, 1.807) is 58.0 Å². The maximum absolute atomic E-state index is 12.5. The van der Waals surface area contributed by atoms with Crippen molar-refractivity contribution in [1.82, 2.24) is 20.5 Å². The summed E-state index contributed by atoms with van der Waals surface area (Å²) in [5.74, 6) is -0.526. The summed E-state index contributed by atoms with van der Waals surface area (Å²) in [5.41, 5.74) is -0.0479. The summed E-state index contributed by atoms with van der Waals surface area (Å²) in [7, 11) is 3.42. The Labute approximate surface area is 188 Å². The summed E-state index contributed by atoms with van der Waals surface area (Å²) in [6.45, 7) is 5.34. The molecule has 0 radical (unpaired) electrons. The van der Waals surface area contributed by atoms with Crippen LogP contribution in [0.3, 0.4) is 0 Å². The van der Waals surface area contributed by atoms with Crippen LogP contribution in [0.4, 0.5) is 4.79 Å². The van der Waals surface area contributed by atoms with Crippen LogP contribution in [-0.4, -0.2) is 59.6 Å². The molecule has 2 rings (SSSR count). The highest BCUT2D eigenvalue weighted by atomic mass is 35.5. The van der Waals surface area contributed by atoms with E-state index in [0.29, 0.717) is 30.0 Å². The van der Waals surface area contributed by atoms with Crippen molar-refractivity contribution >= 4 is 35.6 Å². The van der Waals surface area contributed by atoms with E-state index < -0.39 is 17.7 Å². The Bertz CT molecular complexity index is 818. The molecule has 31 heavy (non-hydrogen) atoms. The largest absolute Gasteiger partial charge is 0.444 e. The smallest absolute Gasteiger partial charge is 0.407 e. The van der Waals surface area contributed by atoms with Gasteiger partial charge in [0.1, 0.15) is 5.60 Å². The summed E-state index contributed by atoms with van der Waals surface area (Å²) in [6.07, 6.45) is 5.50. The molecular weight excluding hydrogens is 420 g/mol. The Balaban J connectivity index is 2.06. The van der Waals surface area contributed by atoms with Crippen LogP contribution in [0.5, 0.6) is 0 Å². The topological polar surface area (TPSA) is 101 Å². The van der Waals surface area contributed by atoms with Crippen molar-refractivity contribution in [3.8, 4) is 0 Å². The van der Waals surface area contributed by atoms with Gasteiger partial charge in [0, 0.05) is 38.3 Å². The van der Waals surface area contributed by atoms with E-state index >= 15 is 0 Å². The molecule has 0 saturated heterocycles. The van der Waals surface area contributed by atoms with Crippen molar-refractivity contribution in [3.63, 3.8) is 0 Å². The van der Waals surface area contributed by atoms with Crippen LogP contribution in [0.2, 0.25) is 5.02 Å². The zero-order valence-corrected chi connectivity index (χ0v) is 19.4. The maximum atomic E-state index is 12.5. The second-order valence-corrected chi connectivity index (χ2v) is 9.28. The van der Waals surface area contributed by atoms with Gasteiger partial charge in [-0.15, -0.1) is 0 Å². The van der Waals surface area contributed by atoms with Gasteiger partial charge in [-0.3, -0.25) is 14.6 Å². The van der Waals surface area contributed by atoms with Gasteiger partial charge in [-0.1, -0.05) is 11.6 Å². The number of hydrogen-bond donors (Lipinski definition) is 2. The number of nitrogens with zero attached hydrogens (tertiary/aromatic N) is 2. The van der Waals surface area contributed by atoms with Crippen molar-refractivity contribution < 1.29 is 19.1 Å². The minimum absolute atomic E-state index is 0.00877.